The van der Waals surface area contributed by atoms with Gasteiger partial charge >= 0.3 is 0 Å². The molecule has 1 aliphatic rings. The minimum absolute atomic E-state index is 0.141. The van der Waals surface area contributed by atoms with Crippen molar-refractivity contribution in [1.82, 2.24) is 0 Å². The Morgan fingerprint density at radius 1 is 0.254 bits per heavy atom. The van der Waals surface area contributed by atoms with Crippen LogP contribution < -0.4 is 0 Å². The summed E-state index contributed by atoms with van der Waals surface area (Å²) in [6.45, 7) is 4.79. The van der Waals surface area contributed by atoms with E-state index in [-0.39, 0.29) is 5.41 Å². The van der Waals surface area contributed by atoms with E-state index in [4.69, 9.17) is 0 Å². The van der Waals surface area contributed by atoms with Crippen LogP contribution in [0.2, 0.25) is 0 Å². The van der Waals surface area contributed by atoms with Crippen LogP contribution in [-0.2, 0) is 5.41 Å². The molecule has 0 nitrogen and oxygen atoms in total. The van der Waals surface area contributed by atoms with Crippen LogP contribution in [0.15, 0.2) is 206 Å². The van der Waals surface area contributed by atoms with Crippen LogP contribution in [0.25, 0.3) is 109 Å². The normalized spacial score (nSPS) is 13.1. The van der Waals surface area contributed by atoms with Gasteiger partial charge in [-0.2, -0.15) is 0 Å². The quantitative estimate of drug-likeness (QED) is 0.157. The first-order valence-electron chi connectivity index (χ1n) is 20.7. The Balaban J connectivity index is 1.23. The van der Waals surface area contributed by atoms with E-state index in [1.807, 2.05) is 0 Å². The van der Waals surface area contributed by atoms with E-state index in [9.17, 15) is 0 Å². The Morgan fingerprint density at radius 3 is 1.49 bits per heavy atom. The third-order valence-electron chi connectivity index (χ3n) is 13.2. The zero-order valence-corrected chi connectivity index (χ0v) is 33.1. The Hall–Kier alpha value is -7.28. The van der Waals surface area contributed by atoms with Gasteiger partial charge in [0.15, 0.2) is 0 Å². The lowest BCUT2D eigenvalue weighted by atomic mass is 9.79. The summed E-state index contributed by atoms with van der Waals surface area (Å²) in [7, 11) is 0. The number of benzene rings is 11. The van der Waals surface area contributed by atoms with Crippen molar-refractivity contribution in [3.05, 3.63) is 217 Å². The van der Waals surface area contributed by atoms with E-state index in [0.717, 1.165) is 0 Å². The second-order valence-corrected chi connectivity index (χ2v) is 16.8. The van der Waals surface area contributed by atoms with Crippen molar-refractivity contribution in [2.45, 2.75) is 19.3 Å². The molecule has 0 heteroatoms. The molecule has 12 rings (SSSR count). The van der Waals surface area contributed by atoms with Crippen molar-refractivity contribution in [2.24, 2.45) is 0 Å². The molecule has 0 fully saturated rings. The third-order valence-corrected chi connectivity index (χ3v) is 13.2. The molecule has 0 aliphatic heterocycles. The summed E-state index contributed by atoms with van der Waals surface area (Å²) < 4.78 is 0. The fourth-order valence-electron chi connectivity index (χ4n) is 10.3. The summed E-state index contributed by atoms with van der Waals surface area (Å²) in [5, 5.41) is 12.6. The van der Waals surface area contributed by atoms with Gasteiger partial charge in [-0.25, -0.2) is 0 Å². The standard InChI is InChI=1S/C59H40/c1-59(2)55-25-12-11-23-49(55)51-35-53-54(36-56(51)59)58(44-29-27-38-15-4-6-18-41(38)33-44)52-34-42(30-31-50(52)57(53)43-28-26-37-14-3-5-17-40(37)32-43)46-21-9-10-22-47(46)48-24-13-19-39-16-7-8-20-45(39)48/h3-36H,1-2H3. The average molecular weight is 749 g/mol. The maximum Gasteiger partial charge on any atom is 0.0159 e. The van der Waals surface area contributed by atoms with Gasteiger partial charge in [0, 0.05) is 5.41 Å². The molecule has 0 atom stereocenters. The summed E-state index contributed by atoms with van der Waals surface area (Å²) in [6.07, 6.45) is 0. The van der Waals surface area contributed by atoms with Crippen molar-refractivity contribution in [2.75, 3.05) is 0 Å². The van der Waals surface area contributed by atoms with Crippen LogP contribution in [-0.4, -0.2) is 0 Å². The summed E-state index contributed by atoms with van der Waals surface area (Å²) in [6, 6.07) is 77.3. The number of hydrogen-bond acceptors (Lipinski definition) is 0. The first-order valence-corrected chi connectivity index (χ1v) is 20.7. The summed E-state index contributed by atoms with van der Waals surface area (Å²) in [5.74, 6) is 0. The molecule has 0 bridgehead atoms. The highest BCUT2D eigenvalue weighted by atomic mass is 14.4. The zero-order valence-electron chi connectivity index (χ0n) is 33.1. The Bertz CT molecular complexity index is 3520. The minimum Gasteiger partial charge on any atom is -0.0619 e. The lowest BCUT2D eigenvalue weighted by Crippen LogP contribution is -2.14. The highest BCUT2D eigenvalue weighted by Gasteiger charge is 2.36. The Labute approximate surface area is 344 Å². The van der Waals surface area contributed by atoms with Gasteiger partial charge in [-0.15, -0.1) is 0 Å². The largest absolute Gasteiger partial charge is 0.0619 e. The van der Waals surface area contributed by atoms with Crippen molar-refractivity contribution in [3.63, 3.8) is 0 Å². The van der Waals surface area contributed by atoms with Gasteiger partial charge < -0.3 is 0 Å². The van der Waals surface area contributed by atoms with E-state index in [1.165, 1.54) is 121 Å². The summed E-state index contributed by atoms with van der Waals surface area (Å²) >= 11 is 0. The molecule has 11 aromatic rings. The molecule has 0 amide bonds. The minimum atomic E-state index is -0.141. The van der Waals surface area contributed by atoms with Crippen LogP contribution in [0.1, 0.15) is 25.0 Å². The third kappa shape index (κ3) is 5.16. The van der Waals surface area contributed by atoms with Gasteiger partial charge in [-0.3, -0.25) is 0 Å². The van der Waals surface area contributed by atoms with Crippen molar-refractivity contribution < 1.29 is 0 Å². The first-order chi connectivity index (χ1) is 29.0. The maximum atomic E-state index is 2.55. The fraction of sp³-hybridized carbons (Fsp3) is 0.0508. The second kappa shape index (κ2) is 12.9. The highest BCUT2D eigenvalue weighted by Crippen LogP contribution is 2.54. The molecule has 0 spiro atoms. The van der Waals surface area contributed by atoms with E-state index < -0.39 is 0 Å². The van der Waals surface area contributed by atoms with Crippen molar-refractivity contribution in [1.29, 1.82) is 0 Å². The summed E-state index contributed by atoms with van der Waals surface area (Å²) in [4.78, 5) is 0. The molecule has 11 aromatic carbocycles. The Kier molecular flexibility index (Phi) is 7.38. The molecule has 59 heavy (non-hydrogen) atoms. The topological polar surface area (TPSA) is 0 Å². The van der Waals surface area contributed by atoms with Crippen molar-refractivity contribution >= 4 is 53.9 Å². The van der Waals surface area contributed by atoms with Crippen LogP contribution >= 0.6 is 0 Å². The lowest BCUT2D eigenvalue weighted by molar-refractivity contribution is 0.661. The average Bonchev–Trinajstić information content (AvgIpc) is 3.51. The molecule has 1 aliphatic carbocycles. The predicted octanol–water partition coefficient (Wildman–Crippen LogP) is 16.4. The fourth-order valence-corrected chi connectivity index (χ4v) is 10.3. The molecule has 276 valence electrons. The van der Waals surface area contributed by atoms with Crippen LogP contribution in [0.4, 0.5) is 0 Å². The predicted molar refractivity (Wildman–Crippen MR) is 253 cm³/mol. The lowest BCUT2D eigenvalue weighted by Gasteiger charge is -2.24. The SMILES string of the molecule is CC1(C)c2ccccc2-c2cc3c(-c4ccc5ccccc5c4)c4ccc(-c5ccccc5-c5cccc6ccccc56)cc4c(-c4ccc5ccccc5c4)c3cc21. The zero-order chi connectivity index (χ0) is 39.2. The van der Waals surface area contributed by atoms with Gasteiger partial charge in [0.25, 0.3) is 0 Å². The molecule has 0 heterocycles. The van der Waals surface area contributed by atoms with Gasteiger partial charge in [-0.1, -0.05) is 190 Å². The van der Waals surface area contributed by atoms with Crippen LogP contribution in [0.5, 0.6) is 0 Å². The monoisotopic (exact) mass is 748 g/mol. The molecule has 0 aromatic heterocycles. The second-order valence-electron chi connectivity index (χ2n) is 16.8. The molecular weight excluding hydrogens is 709 g/mol. The molecule has 0 N–H and O–H groups in total. The van der Waals surface area contributed by atoms with E-state index in [1.54, 1.807) is 0 Å². The maximum absolute atomic E-state index is 2.55. The van der Waals surface area contributed by atoms with E-state index in [2.05, 4.69) is 220 Å². The van der Waals surface area contributed by atoms with Crippen LogP contribution in [0, 0.1) is 0 Å². The molecule has 0 radical (unpaired) electrons. The highest BCUT2D eigenvalue weighted by molar-refractivity contribution is 6.24. The van der Waals surface area contributed by atoms with Gasteiger partial charge in [0.2, 0.25) is 0 Å². The number of fused-ring (bicyclic) bond motifs is 8. The van der Waals surface area contributed by atoms with Crippen LogP contribution in [0.3, 0.4) is 0 Å². The molecule has 0 saturated heterocycles. The molecular formula is C59H40. The van der Waals surface area contributed by atoms with Crippen molar-refractivity contribution in [3.8, 4) is 55.6 Å². The smallest absolute Gasteiger partial charge is 0.0159 e. The van der Waals surface area contributed by atoms with Gasteiger partial charge in [-0.05, 0) is 151 Å². The molecule has 0 saturated carbocycles. The van der Waals surface area contributed by atoms with Gasteiger partial charge in [0.05, 0.1) is 0 Å². The van der Waals surface area contributed by atoms with Gasteiger partial charge in [0.1, 0.15) is 0 Å². The number of rotatable bonds is 4. The molecule has 0 unspecified atom stereocenters. The Morgan fingerprint density at radius 2 is 0.763 bits per heavy atom. The number of hydrogen-bond donors (Lipinski definition) is 0. The first kappa shape index (κ1) is 33.8. The van der Waals surface area contributed by atoms with E-state index >= 15 is 0 Å². The van der Waals surface area contributed by atoms with E-state index in [0.29, 0.717) is 0 Å². The summed E-state index contributed by atoms with van der Waals surface area (Å²) in [5.41, 5.74) is 15.3.